The lowest BCUT2D eigenvalue weighted by Gasteiger charge is -2.14. The number of carbonyl (C=O) groups excluding carboxylic acids is 2. The number of anilines is 1. The largest absolute Gasteiger partial charge is 0.326 e. The average molecular weight is 503 g/mol. The number of hydrogen-bond donors (Lipinski definition) is 1. The zero-order valence-corrected chi connectivity index (χ0v) is 19.9. The van der Waals surface area contributed by atoms with Crippen LogP contribution >= 0.6 is 39.9 Å². The number of rotatable bonds is 8. The van der Waals surface area contributed by atoms with E-state index in [0.717, 1.165) is 40.5 Å². The number of halogens is 1. The molecule has 0 spiro atoms. The molecule has 1 heterocycles. The molecule has 4 nitrogen and oxygen atoms in total. The van der Waals surface area contributed by atoms with Crippen molar-refractivity contribution in [3.05, 3.63) is 69.0 Å². The van der Waals surface area contributed by atoms with Gasteiger partial charge in [0.1, 0.15) is 4.32 Å². The standard InChI is InChI=1S/C23H23BrN2O2S2/c1-16-7-5-10-19(13-16)25-21(27)11-3-2-4-12-26-22(28)20(30-23(26)29)15-17-8-6-9-18(24)14-17/h5-10,13-15H,2-4,11-12H2,1H3,(H,25,27)/b20-15-. The lowest BCUT2D eigenvalue weighted by molar-refractivity contribution is -0.122. The minimum absolute atomic E-state index is 0.0168. The summed E-state index contributed by atoms with van der Waals surface area (Å²) in [6.07, 6.45) is 4.80. The molecule has 1 fully saturated rings. The van der Waals surface area contributed by atoms with E-state index in [9.17, 15) is 9.59 Å². The lowest BCUT2D eigenvalue weighted by Crippen LogP contribution is -2.29. The third-order valence-electron chi connectivity index (χ3n) is 4.61. The molecule has 1 saturated heterocycles. The van der Waals surface area contributed by atoms with Crippen LogP contribution in [0.15, 0.2) is 57.9 Å². The van der Waals surface area contributed by atoms with E-state index in [-0.39, 0.29) is 11.8 Å². The Balaban J connectivity index is 1.42. The molecule has 0 bridgehead atoms. The van der Waals surface area contributed by atoms with Gasteiger partial charge in [-0.05, 0) is 61.2 Å². The monoisotopic (exact) mass is 502 g/mol. The molecule has 2 amide bonds. The lowest BCUT2D eigenvalue weighted by atomic mass is 10.1. The SMILES string of the molecule is Cc1cccc(NC(=O)CCCCCN2C(=O)/C(=C/c3cccc(Br)c3)SC2=S)c1. The highest BCUT2D eigenvalue weighted by molar-refractivity contribution is 9.10. The summed E-state index contributed by atoms with van der Waals surface area (Å²) in [5, 5.41) is 2.92. The van der Waals surface area contributed by atoms with Gasteiger partial charge >= 0.3 is 0 Å². The normalized spacial score (nSPS) is 15.1. The van der Waals surface area contributed by atoms with Gasteiger partial charge in [0, 0.05) is 23.1 Å². The second kappa shape index (κ2) is 10.9. The van der Waals surface area contributed by atoms with Crippen LogP contribution in [0.4, 0.5) is 5.69 Å². The molecule has 0 atom stereocenters. The fourth-order valence-corrected chi connectivity index (χ4v) is 4.84. The minimum atomic E-state index is -0.0397. The van der Waals surface area contributed by atoms with Crippen LogP contribution in [0, 0.1) is 6.92 Å². The molecule has 3 rings (SSSR count). The van der Waals surface area contributed by atoms with E-state index < -0.39 is 0 Å². The highest BCUT2D eigenvalue weighted by atomic mass is 79.9. The summed E-state index contributed by atoms with van der Waals surface area (Å²) in [4.78, 5) is 27.1. The van der Waals surface area contributed by atoms with Crippen molar-refractivity contribution >= 4 is 67.8 Å². The van der Waals surface area contributed by atoms with Crippen LogP contribution in [-0.4, -0.2) is 27.6 Å². The van der Waals surface area contributed by atoms with Crippen molar-refractivity contribution in [3.8, 4) is 0 Å². The molecule has 156 valence electrons. The number of benzene rings is 2. The van der Waals surface area contributed by atoms with Gasteiger partial charge in [0.2, 0.25) is 5.91 Å². The number of thiocarbonyl (C=S) groups is 1. The first kappa shape index (κ1) is 22.7. The number of thioether (sulfide) groups is 1. The van der Waals surface area contributed by atoms with Crippen LogP contribution in [0.2, 0.25) is 0 Å². The van der Waals surface area contributed by atoms with Crippen molar-refractivity contribution < 1.29 is 9.59 Å². The van der Waals surface area contributed by atoms with Gasteiger partial charge in [-0.25, -0.2) is 0 Å². The van der Waals surface area contributed by atoms with E-state index in [1.54, 1.807) is 4.90 Å². The van der Waals surface area contributed by atoms with E-state index in [1.165, 1.54) is 11.8 Å². The Morgan fingerprint density at radius 2 is 1.97 bits per heavy atom. The number of nitrogens with zero attached hydrogens (tertiary/aromatic N) is 1. The van der Waals surface area contributed by atoms with E-state index in [1.807, 2.05) is 61.5 Å². The van der Waals surface area contributed by atoms with Gasteiger partial charge < -0.3 is 5.32 Å². The van der Waals surface area contributed by atoms with Gasteiger partial charge in [-0.15, -0.1) is 0 Å². The smallest absolute Gasteiger partial charge is 0.266 e. The van der Waals surface area contributed by atoms with Crippen LogP contribution in [0.1, 0.15) is 36.8 Å². The highest BCUT2D eigenvalue weighted by Crippen LogP contribution is 2.33. The zero-order chi connectivity index (χ0) is 21.5. The van der Waals surface area contributed by atoms with Gasteiger partial charge in [-0.1, -0.05) is 70.6 Å². The van der Waals surface area contributed by atoms with Crippen molar-refractivity contribution in [2.75, 3.05) is 11.9 Å². The molecule has 1 N–H and O–H groups in total. The van der Waals surface area contributed by atoms with Crippen LogP contribution in [-0.2, 0) is 9.59 Å². The van der Waals surface area contributed by atoms with E-state index in [0.29, 0.717) is 22.2 Å². The number of unbranched alkanes of at least 4 members (excludes halogenated alkanes) is 2. The number of carbonyl (C=O) groups is 2. The number of nitrogens with one attached hydrogen (secondary N) is 1. The summed E-state index contributed by atoms with van der Waals surface area (Å²) in [6, 6.07) is 15.6. The van der Waals surface area contributed by atoms with Crippen LogP contribution in [0.3, 0.4) is 0 Å². The first-order chi connectivity index (χ1) is 14.4. The summed E-state index contributed by atoms with van der Waals surface area (Å²) in [6.45, 7) is 2.58. The molecular formula is C23H23BrN2O2S2. The minimum Gasteiger partial charge on any atom is -0.326 e. The van der Waals surface area contributed by atoms with E-state index in [2.05, 4.69) is 21.2 Å². The molecule has 0 aromatic heterocycles. The number of aryl methyl sites for hydroxylation is 1. The first-order valence-corrected chi connectivity index (χ1v) is 11.8. The third-order valence-corrected chi connectivity index (χ3v) is 6.48. The summed E-state index contributed by atoms with van der Waals surface area (Å²) in [5.41, 5.74) is 2.91. The Labute approximate surface area is 195 Å². The molecule has 2 aromatic carbocycles. The predicted molar refractivity (Wildman–Crippen MR) is 132 cm³/mol. The van der Waals surface area contributed by atoms with Gasteiger partial charge in [0.25, 0.3) is 5.91 Å². The summed E-state index contributed by atoms with van der Waals surface area (Å²) in [7, 11) is 0. The summed E-state index contributed by atoms with van der Waals surface area (Å²) < 4.78 is 1.57. The topological polar surface area (TPSA) is 49.4 Å². The maximum absolute atomic E-state index is 12.7. The quantitative estimate of drug-likeness (QED) is 0.266. The Morgan fingerprint density at radius 3 is 2.73 bits per heavy atom. The molecule has 0 unspecified atom stereocenters. The molecule has 7 heteroatoms. The van der Waals surface area contributed by atoms with Gasteiger partial charge in [-0.2, -0.15) is 0 Å². The van der Waals surface area contributed by atoms with Crippen LogP contribution < -0.4 is 5.32 Å². The van der Waals surface area contributed by atoms with Crippen LogP contribution in [0.25, 0.3) is 6.08 Å². The molecule has 0 radical (unpaired) electrons. The first-order valence-electron chi connectivity index (χ1n) is 9.80. The molecule has 1 aliphatic rings. The third kappa shape index (κ3) is 6.52. The molecule has 30 heavy (non-hydrogen) atoms. The highest BCUT2D eigenvalue weighted by Gasteiger charge is 2.31. The van der Waals surface area contributed by atoms with Crippen molar-refractivity contribution in [1.29, 1.82) is 0 Å². The molecule has 2 aromatic rings. The fraction of sp³-hybridized carbons (Fsp3) is 0.261. The summed E-state index contributed by atoms with van der Waals surface area (Å²) >= 11 is 10.2. The fourth-order valence-electron chi connectivity index (χ4n) is 3.12. The molecule has 0 saturated carbocycles. The molecule has 0 aliphatic carbocycles. The summed E-state index contributed by atoms with van der Waals surface area (Å²) in [5.74, 6) is -0.0228. The predicted octanol–water partition coefficient (Wildman–Crippen LogP) is 6.16. The van der Waals surface area contributed by atoms with E-state index in [4.69, 9.17) is 12.2 Å². The second-order valence-corrected chi connectivity index (χ2v) is 9.71. The van der Waals surface area contributed by atoms with Gasteiger partial charge in [0.15, 0.2) is 0 Å². The average Bonchev–Trinajstić information content (AvgIpc) is 2.95. The number of hydrogen-bond acceptors (Lipinski definition) is 4. The van der Waals surface area contributed by atoms with Crippen molar-refractivity contribution in [2.45, 2.75) is 32.6 Å². The molecule has 1 aliphatic heterocycles. The van der Waals surface area contributed by atoms with Crippen molar-refractivity contribution in [1.82, 2.24) is 4.90 Å². The molecular weight excluding hydrogens is 480 g/mol. The Bertz CT molecular complexity index is 991. The maximum Gasteiger partial charge on any atom is 0.266 e. The van der Waals surface area contributed by atoms with Crippen molar-refractivity contribution in [2.24, 2.45) is 0 Å². The Kier molecular flexibility index (Phi) is 8.24. The van der Waals surface area contributed by atoms with Crippen molar-refractivity contribution in [3.63, 3.8) is 0 Å². The van der Waals surface area contributed by atoms with E-state index >= 15 is 0 Å². The van der Waals surface area contributed by atoms with Gasteiger partial charge in [0.05, 0.1) is 4.91 Å². The Hall–Kier alpha value is -1.96. The van der Waals surface area contributed by atoms with Crippen LogP contribution in [0.5, 0.6) is 0 Å². The van der Waals surface area contributed by atoms with Gasteiger partial charge in [-0.3, -0.25) is 14.5 Å². The second-order valence-electron chi connectivity index (χ2n) is 7.12. The zero-order valence-electron chi connectivity index (χ0n) is 16.7. The Morgan fingerprint density at radius 1 is 1.17 bits per heavy atom. The number of amides is 2. The maximum atomic E-state index is 12.7.